The number of nitrogens with one attached hydrogen (secondary N) is 1. The molecule has 0 aliphatic heterocycles. The SMILES string of the molecule is CCNC(C)CCCSc1ccc(S(C)(=O)=O)cc1. The van der Waals surface area contributed by atoms with E-state index in [1.807, 2.05) is 12.1 Å². The summed E-state index contributed by atoms with van der Waals surface area (Å²) in [5.74, 6) is 1.06. The van der Waals surface area contributed by atoms with E-state index in [9.17, 15) is 8.42 Å². The van der Waals surface area contributed by atoms with E-state index >= 15 is 0 Å². The van der Waals surface area contributed by atoms with Crippen molar-refractivity contribution in [2.75, 3.05) is 18.6 Å². The van der Waals surface area contributed by atoms with E-state index in [1.165, 1.54) is 12.7 Å². The van der Waals surface area contributed by atoms with Crippen LogP contribution in [0, 0.1) is 0 Å². The number of rotatable bonds is 8. The fraction of sp³-hybridized carbons (Fsp3) is 0.571. The maximum absolute atomic E-state index is 11.3. The van der Waals surface area contributed by atoms with Crippen molar-refractivity contribution in [2.45, 2.75) is 42.5 Å². The molecular formula is C14H23NO2S2. The molecule has 108 valence electrons. The molecule has 0 heterocycles. The quantitative estimate of drug-likeness (QED) is 0.592. The van der Waals surface area contributed by atoms with Crippen molar-refractivity contribution in [2.24, 2.45) is 0 Å². The van der Waals surface area contributed by atoms with Gasteiger partial charge in [0.25, 0.3) is 0 Å². The zero-order chi connectivity index (χ0) is 14.3. The van der Waals surface area contributed by atoms with Gasteiger partial charge < -0.3 is 5.32 Å². The third-order valence-electron chi connectivity index (χ3n) is 2.85. The molecule has 3 nitrogen and oxygen atoms in total. The van der Waals surface area contributed by atoms with Crippen LogP contribution < -0.4 is 5.32 Å². The predicted octanol–water partition coefficient (Wildman–Crippen LogP) is 2.96. The fourth-order valence-electron chi connectivity index (χ4n) is 1.81. The number of hydrogen-bond donors (Lipinski definition) is 1. The molecule has 0 saturated heterocycles. The van der Waals surface area contributed by atoms with Crippen LogP contribution in [0.1, 0.15) is 26.7 Å². The first kappa shape index (κ1) is 16.5. The van der Waals surface area contributed by atoms with Gasteiger partial charge in [0.15, 0.2) is 9.84 Å². The molecule has 0 spiro atoms. The van der Waals surface area contributed by atoms with E-state index in [2.05, 4.69) is 19.2 Å². The molecule has 0 aliphatic carbocycles. The Labute approximate surface area is 121 Å². The van der Waals surface area contributed by atoms with Crippen LogP contribution in [-0.4, -0.2) is 33.0 Å². The van der Waals surface area contributed by atoms with Gasteiger partial charge in [-0.15, -0.1) is 11.8 Å². The minimum atomic E-state index is -3.08. The Morgan fingerprint density at radius 1 is 1.26 bits per heavy atom. The number of hydrogen-bond acceptors (Lipinski definition) is 4. The average molecular weight is 301 g/mol. The van der Waals surface area contributed by atoms with Crippen molar-refractivity contribution in [1.82, 2.24) is 5.32 Å². The van der Waals surface area contributed by atoms with Crippen LogP contribution in [0.3, 0.4) is 0 Å². The van der Waals surface area contributed by atoms with Gasteiger partial charge in [0.05, 0.1) is 4.90 Å². The molecule has 1 aromatic rings. The molecule has 1 atom stereocenters. The summed E-state index contributed by atoms with van der Waals surface area (Å²) >= 11 is 1.78. The lowest BCUT2D eigenvalue weighted by atomic mass is 10.2. The lowest BCUT2D eigenvalue weighted by Gasteiger charge is -2.11. The minimum Gasteiger partial charge on any atom is -0.315 e. The standard InChI is InChI=1S/C14H23NO2S2/c1-4-15-12(2)6-5-11-18-13-7-9-14(10-8-13)19(3,16)17/h7-10,12,15H,4-6,11H2,1-3H3. The van der Waals surface area contributed by atoms with E-state index in [0.717, 1.165) is 23.6 Å². The molecule has 1 aromatic carbocycles. The second kappa shape index (κ2) is 7.92. The average Bonchev–Trinajstić information content (AvgIpc) is 2.34. The molecule has 0 amide bonds. The summed E-state index contributed by atoms with van der Waals surface area (Å²) in [4.78, 5) is 1.51. The highest BCUT2D eigenvalue weighted by Crippen LogP contribution is 2.21. The molecule has 1 rings (SSSR count). The largest absolute Gasteiger partial charge is 0.315 e. The zero-order valence-corrected chi connectivity index (χ0v) is 13.5. The molecule has 0 bridgehead atoms. The summed E-state index contributed by atoms with van der Waals surface area (Å²) in [5, 5.41) is 3.39. The van der Waals surface area contributed by atoms with Crippen LogP contribution in [0.4, 0.5) is 0 Å². The second-order valence-corrected chi connectivity index (χ2v) is 7.88. The maximum atomic E-state index is 11.3. The first-order chi connectivity index (χ1) is 8.93. The van der Waals surface area contributed by atoms with Crippen LogP contribution in [0.25, 0.3) is 0 Å². The van der Waals surface area contributed by atoms with E-state index in [4.69, 9.17) is 0 Å². The molecule has 5 heteroatoms. The zero-order valence-electron chi connectivity index (χ0n) is 11.8. The number of sulfone groups is 1. The third-order valence-corrected chi connectivity index (χ3v) is 5.08. The van der Waals surface area contributed by atoms with Gasteiger partial charge in [0.1, 0.15) is 0 Å². The van der Waals surface area contributed by atoms with Gasteiger partial charge in [-0.1, -0.05) is 6.92 Å². The fourth-order valence-corrected chi connectivity index (χ4v) is 3.32. The van der Waals surface area contributed by atoms with Crippen LogP contribution in [-0.2, 0) is 9.84 Å². The molecule has 0 fully saturated rings. The van der Waals surface area contributed by atoms with Crippen LogP contribution in [0.2, 0.25) is 0 Å². The Morgan fingerprint density at radius 2 is 1.89 bits per heavy atom. The van der Waals surface area contributed by atoms with Crippen molar-refractivity contribution in [1.29, 1.82) is 0 Å². The first-order valence-electron chi connectivity index (χ1n) is 6.59. The number of thioether (sulfide) groups is 1. The van der Waals surface area contributed by atoms with Gasteiger partial charge in [-0.3, -0.25) is 0 Å². The lowest BCUT2D eigenvalue weighted by Crippen LogP contribution is -2.25. The van der Waals surface area contributed by atoms with Crippen molar-refractivity contribution in [3.63, 3.8) is 0 Å². The summed E-state index contributed by atoms with van der Waals surface area (Å²) in [6, 6.07) is 7.69. The Kier molecular flexibility index (Phi) is 6.89. The van der Waals surface area contributed by atoms with E-state index < -0.39 is 9.84 Å². The Balaban J connectivity index is 2.35. The van der Waals surface area contributed by atoms with Crippen molar-refractivity contribution < 1.29 is 8.42 Å². The topological polar surface area (TPSA) is 46.2 Å². The van der Waals surface area contributed by atoms with Crippen LogP contribution >= 0.6 is 11.8 Å². The van der Waals surface area contributed by atoms with Gasteiger partial charge in [-0.2, -0.15) is 0 Å². The van der Waals surface area contributed by atoms with E-state index in [1.54, 1.807) is 23.9 Å². The van der Waals surface area contributed by atoms with Gasteiger partial charge in [0, 0.05) is 17.2 Å². The van der Waals surface area contributed by atoms with Gasteiger partial charge in [-0.25, -0.2) is 8.42 Å². The van der Waals surface area contributed by atoms with Gasteiger partial charge >= 0.3 is 0 Å². The van der Waals surface area contributed by atoms with Gasteiger partial charge in [0.2, 0.25) is 0 Å². The lowest BCUT2D eigenvalue weighted by molar-refractivity contribution is 0.526. The molecule has 0 aromatic heterocycles. The molecular weight excluding hydrogens is 278 g/mol. The molecule has 1 unspecified atom stereocenters. The molecule has 0 aliphatic rings. The summed E-state index contributed by atoms with van der Waals surface area (Å²) in [5.41, 5.74) is 0. The Morgan fingerprint density at radius 3 is 2.42 bits per heavy atom. The number of benzene rings is 1. The van der Waals surface area contributed by atoms with Crippen molar-refractivity contribution in [3.8, 4) is 0 Å². The van der Waals surface area contributed by atoms with Crippen LogP contribution in [0.15, 0.2) is 34.1 Å². The third kappa shape index (κ3) is 6.45. The summed E-state index contributed by atoms with van der Waals surface area (Å²) in [6.45, 7) is 5.34. The highest BCUT2D eigenvalue weighted by molar-refractivity contribution is 7.99. The minimum absolute atomic E-state index is 0.387. The highest BCUT2D eigenvalue weighted by Gasteiger charge is 2.06. The highest BCUT2D eigenvalue weighted by atomic mass is 32.2. The summed E-state index contributed by atoms with van der Waals surface area (Å²) in [6.07, 6.45) is 3.56. The summed E-state index contributed by atoms with van der Waals surface area (Å²) < 4.78 is 22.7. The smallest absolute Gasteiger partial charge is 0.175 e. The monoisotopic (exact) mass is 301 g/mol. The Hall–Kier alpha value is -0.520. The van der Waals surface area contributed by atoms with Gasteiger partial charge in [-0.05, 0) is 56.3 Å². The van der Waals surface area contributed by atoms with Crippen molar-refractivity contribution >= 4 is 21.6 Å². The first-order valence-corrected chi connectivity index (χ1v) is 9.47. The molecule has 19 heavy (non-hydrogen) atoms. The second-order valence-electron chi connectivity index (χ2n) is 4.69. The maximum Gasteiger partial charge on any atom is 0.175 e. The molecule has 0 saturated carbocycles. The van der Waals surface area contributed by atoms with E-state index in [0.29, 0.717) is 10.9 Å². The molecule has 0 radical (unpaired) electrons. The van der Waals surface area contributed by atoms with Crippen LogP contribution in [0.5, 0.6) is 0 Å². The normalized spacial score (nSPS) is 13.4. The van der Waals surface area contributed by atoms with Crippen molar-refractivity contribution in [3.05, 3.63) is 24.3 Å². The Bertz CT molecular complexity index is 469. The molecule has 1 N–H and O–H groups in total. The van der Waals surface area contributed by atoms with E-state index in [-0.39, 0.29) is 0 Å². The predicted molar refractivity (Wildman–Crippen MR) is 82.6 cm³/mol. The summed E-state index contributed by atoms with van der Waals surface area (Å²) in [7, 11) is -3.08.